The van der Waals surface area contributed by atoms with Gasteiger partial charge in [-0.1, -0.05) is 13.8 Å². The Bertz CT molecular complexity index is 501. The Morgan fingerprint density at radius 1 is 1.17 bits per heavy atom. The highest BCUT2D eigenvalue weighted by Crippen LogP contribution is 2.31. The normalized spacial score (nSPS) is 23.0. The van der Waals surface area contributed by atoms with Crippen molar-refractivity contribution in [3.05, 3.63) is 0 Å². The lowest BCUT2D eigenvalue weighted by Gasteiger charge is -2.38. The van der Waals surface area contributed by atoms with Crippen molar-refractivity contribution in [2.75, 3.05) is 26.2 Å². The summed E-state index contributed by atoms with van der Waals surface area (Å²) in [5.41, 5.74) is -0.852. The summed E-state index contributed by atoms with van der Waals surface area (Å²) in [7, 11) is 0. The van der Waals surface area contributed by atoms with Crippen molar-refractivity contribution in [1.82, 2.24) is 15.1 Å². The summed E-state index contributed by atoms with van der Waals surface area (Å²) in [6.07, 6.45) is 2.06. The Hall–Kier alpha value is -1.61. The lowest BCUT2D eigenvalue weighted by molar-refractivity contribution is -0.135. The molecule has 0 bridgehead atoms. The van der Waals surface area contributed by atoms with Gasteiger partial charge in [-0.05, 0) is 32.6 Å². The van der Waals surface area contributed by atoms with Crippen LogP contribution in [0.2, 0.25) is 0 Å². The number of carbonyl (C=O) groups excluding carboxylic acids is 2. The molecule has 1 N–H and O–H groups in total. The monoisotopic (exact) mass is 320 g/mol. The highest BCUT2D eigenvalue weighted by Gasteiger charge is 2.37. The van der Waals surface area contributed by atoms with Gasteiger partial charge in [-0.2, -0.15) is 5.26 Å². The van der Waals surface area contributed by atoms with Crippen LogP contribution in [0.15, 0.2) is 0 Å². The fourth-order valence-corrected chi connectivity index (χ4v) is 2.75. The molecule has 1 saturated carbocycles. The highest BCUT2D eigenvalue weighted by atomic mass is 16.2. The Morgan fingerprint density at radius 2 is 1.74 bits per heavy atom. The maximum absolute atomic E-state index is 12.5. The second-order valence-electron chi connectivity index (χ2n) is 7.27. The van der Waals surface area contributed by atoms with Crippen LogP contribution in [0.5, 0.6) is 0 Å². The van der Waals surface area contributed by atoms with Gasteiger partial charge in [-0.3, -0.25) is 14.5 Å². The van der Waals surface area contributed by atoms with Crippen LogP contribution in [0.3, 0.4) is 0 Å². The molecular formula is C17H28N4O2. The van der Waals surface area contributed by atoms with Crippen molar-refractivity contribution in [1.29, 1.82) is 5.26 Å². The van der Waals surface area contributed by atoms with E-state index in [1.165, 1.54) is 0 Å². The fourth-order valence-electron chi connectivity index (χ4n) is 2.75. The number of nitrogens with zero attached hydrogens (tertiary/aromatic N) is 3. The number of amides is 2. The predicted octanol–water partition coefficient (Wildman–Crippen LogP) is 0.984. The molecule has 2 aliphatic rings. The third-order valence-corrected chi connectivity index (χ3v) is 5.25. The summed E-state index contributed by atoms with van der Waals surface area (Å²) in [4.78, 5) is 28.5. The van der Waals surface area contributed by atoms with Crippen molar-refractivity contribution in [3.8, 4) is 6.07 Å². The van der Waals surface area contributed by atoms with E-state index >= 15 is 0 Å². The van der Waals surface area contributed by atoms with Crippen LogP contribution >= 0.6 is 0 Å². The highest BCUT2D eigenvalue weighted by molar-refractivity contribution is 5.83. The summed E-state index contributed by atoms with van der Waals surface area (Å²) >= 11 is 0. The van der Waals surface area contributed by atoms with E-state index in [2.05, 4.69) is 16.3 Å². The van der Waals surface area contributed by atoms with Crippen LogP contribution in [0, 0.1) is 23.2 Å². The molecule has 1 heterocycles. The Balaban J connectivity index is 1.86. The van der Waals surface area contributed by atoms with Crippen LogP contribution in [0.1, 0.15) is 40.5 Å². The second kappa shape index (κ2) is 6.88. The smallest absolute Gasteiger partial charge is 0.238 e. The third-order valence-electron chi connectivity index (χ3n) is 5.25. The maximum atomic E-state index is 12.5. The van der Waals surface area contributed by atoms with Crippen LogP contribution in [0.4, 0.5) is 0 Å². The van der Waals surface area contributed by atoms with E-state index in [-0.39, 0.29) is 29.7 Å². The predicted molar refractivity (Wildman–Crippen MR) is 87.3 cm³/mol. The van der Waals surface area contributed by atoms with E-state index in [0.29, 0.717) is 26.2 Å². The molecule has 0 aromatic heterocycles. The Morgan fingerprint density at radius 3 is 2.17 bits per heavy atom. The average Bonchev–Trinajstić information content (AvgIpc) is 3.38. The molecule has 2 amide bonds. The van der Waals surface area contributed by atoms with Gasteiger partial charge < -0.3 is 10.2 Å². The van der Waals surface area contributed by atoms with E-state index in [4.69, 9.17) is 0 Å². The number of hydrogen-bond donors (Lipinski definition) is 1. The summed E-state index contributed by atoms with van der Waals surface area (Å²) in [5.74, 6) is 0.449. The summed E-state index contributed by atoms with van der Waals surface area (Å²) in [6.45, 7) is 10.3. The molecule has 1 saturated heterocycles. The van der Waals surface area contributed by atoms with E-state index < -0.39 is 5.54 Å². The molecule has 0 aromatic rings. The topological polar surface area (TPSA) is 76.4 Å². The summed E-state index contributed by atoms with van der Waals surface area (Å²) in [6, 6.07) is 1.91. The molecule has 6 nitrogen and oxygen atoms in total. The molecule has 2 rings (SSSR count). The molecule has 6 heteroatoms. The number of nitrogens with one attached hydrogen (secondary N) is 1. The zero-order valence-electron chi connectivity index (χ0n) is 14.6. The molecule has 2 atom stereocenters. The first-order valence-corrected chi connectivity index (χ1v) is 8.54. The molecule has 2 fully saturated rings. The Kier molecular flexibility index (Phi) is 5.30. The maximum Gasteiger partial charge on any atom is 0.238 e. The minimum absolute atomic E-state index is 0.0386. The van der Waals surface area contributed by atoms with Crippen LogP contribution in [-0.4, -0.2) is 59.4 Å². The molecular weight excluding hydrogens is 292 g/mol. The lowest BCUT2D eigenvalue weighted by Crippen LogP contribution is -2.58. The van der Waals surface area contributed by atoms with Crippen molar-refractivity contribution >= 4 is 11.8 Å². The van der Waals surface area contributed by atoms with Crippen LogP contribution in [0.25, 0.3) is 0 Å². The fraction of sp³-hybridized carbons (Fsp3) is 0.824. The molecule has 0 radical (unpaired) electrons. The number of rotatable bonds is 5. The minimum Gasteiger partial charge on any atom is -0.340 e. The van der Waals surface area contributed by atoms with Crippen molar-refractivity contribution in [2.45, 2.75) is 52.1 Å². The molecule has 0 aromatic carbocycles. The largest absolute Gasteiger partial charge is 0.340 e. The van der Waals surface area contributed by atoms with E-state index in [1.807, 2.05) is 25.7 Å². The standard InChI is InChI=1S/C17H28N4O2/c1-12(2)17(4,11-18)19-15(22)13(3)20-7-9-21(10-8-20)16(23)14-5-6-14/h12-14H,5-10H2,1-4H3,(H,19,22). The average molecular weight is 320 g/mol. The van der Waals surface area contributed by atoms with Crippen LogP contribution < -0.4 is 5.32 Å². The zero-order chi connectivity index (χ0) is 17.2. The van der Waals surface area contributed by atoms with Gasteiger partial charge in [-0.15, -0.1) is 0 Å². The lowest BCUT2D eigenvalue weighted by atomic mass is 9.89. The molecule has 128 valence electrons. The van der Waals surface area contributed by atoms with Crippen molar-refractivity contribution in [2.24, 2.45) is 11.8 Å². The van der Waals surface area contributed by atoms with Gasteiger partial charge in [0.05, 0.1) is 12.1 Å². The van der Waals surface area contributed by atoms with Gasteiger partial charge in [0, 0.05) is 32.1 Å². The zero-order valence-corrected chi connectivity index (χ0v) is 14.6. The first kappa shape index (κ1) is 17.7. The van der Waals surface area contributed by atoms with Crippen molar-refractivity contribution < 1.29 is 9.59 Å². The van der Waals surface area contributed by atoms with E-state index in [0.717, 1.165) is 12.8 Å². The molecule has 2 unspecified atom stereocenters. The van der Waals surface area contributed by atoms with Gasteiger partial charge in [0.25, 0.3) is 0 Å². The second-order valence-corrected chi connectivity index (χ2v) is 7.27. The third kappa shape index (κ3) is 4.03. The van der Waals surface area contributed by atoms with E-state index in [1.54, 1.807) is 6.92 Å². The van der Waals surface area contributed by atoms with Gasteiger partial charge >= 0.3 is 0 Å². The number of piperazine rings is 1. The summed E-state index contributed by atoms with van der Waals surface area (Å²) in [5, 5.41) is 12.2. The molecule has 1 aliphatic carbocycles. The number of carbonyl (C=O) groups is 2. The van der Waals surface area contributed by atoms with Gasteiger partial charge in [0.2, 0.25) is 11.8 Å². The summed E-state index contributed by atoms with van der Waals surface area (Å²) < 4.78 is 0. The van der Waals surface area contributed by atoms with E-state index in [9.17, 15) is 14.9 Å². The molecule has 23 heavy (non-hydrogen) atoms. The Labute approximate surface area is 138 Å². The SMILES string of the molecule is CC(C(=O)NC(C)(C#N)C(C)C)N1CCN(C(=O)C2CC2)CC1. The van der Waals surface area contributed by atoms with Crippen molar-refractivity contribution in [3.63, 3.8) is 0 Å². The first-order chi connectivity index (χ1) is 10.8. The minimum atomic E-state index is -0.852. The van der Waals surface area contributed by atoms with Gasteiger partial charge in [-0.25, -0.2) is 0 Å². The molecule has 0 spiro atoms. The molecule has 1 aliphatic heterocycles. The van der Waals surface area contributed by atoms with Crippen LogP contribution in [-0.2, 0) is 9.59 Å². The number of hydrogen-bond acceptors (Lipinski definition) is 4. The van der Waals surface area contributed by atoms with Gasteiger partial charge in [0.1, 0.15) is 5.54 Å². The van der Waals surface area contributed by atoms with Gasteiger partial charge in [0.15, 0.2) is 0 Å². The quantitative estimate of drug-likeness (QED) is 0.819. The number of nitriles is 1. The first-order valence-electron chi connectivity index (χ1n) is 8.54.